The first-order chi connectivity index (χ1) is 14.7. The van der Waals surface area contributed by atoms with Gasteiger partial charge in [0.05, 0.1) is 19.3 Å². The number of hydrogen-bond donors (Lipinski definition) is 1. The number of carbonyl (C=O) groups excluding carboxylic acids is 1. The normalized spacial score (nSPS) is 18.6. The Labute approximate surface area is 182 Å². The van der Waals surface area contributed by atoms with E-state index >= 15 is 0 Å². The molecule has 1 saturated heterocycles. The van der Waals surface area contributed by atoms with Crippen LogP contribution in [0.4, 0.5) is 0 Å². The second-order valence-electron chi connectivity index (χ2n) is 7.42. The molecule has 0 bridgehead atoms. The Balaban J connectivity index is 1.36. The van der Waals surface area contributed by atoms with Crippen molar-refractivity contribution in [3.63, 3.8) is 0 Å². The molecule has 30 heavy (non-hydrogen) atoms. The lowest BCUT2D eigenvalue weighted by Crippen LogP contribution is -2.38. The van der Waals surface area contributed by atoms with Gasteiger partial charge in [0.1, 0.15) is 11.5 Å². The number of nitrogens with zero attached hydrogens (tertiary/aromatic N) is 1. The van der Waals surface area contributed by atoms with Crippen molar-refractivity contribution in [3.8, 4) is 11.5 Å². The first-order valence-electron chi connectivity index (χ1n) is 10.1. The van der Waals surface area contributed by atoms with Gasteiger partial charge in [-0.1, -0.05) is 60.7 Å². The lowest BCUT2D eigenvalue weighted by molar-refractivity contribution is -0.130. The van der Waals surface area contributed by atoms with Crippen molar-refractivity contribution in [2.24, 2.45) is 0 Å². The van der Waals surface area contributed by atoms with E-state index in [1.165, 1.54) is 0 Å². The molecule has 1 amide bonds. The molecule has 4 nitrogen and oxygen atoms in total. The van der Waals surface area contributed by atoms with E-state index in [2.05, 4.69) is 12.6 Å². The third-order valence-corrected chi connectivity index (χ3v) is 5.73. The number of carbonyl (C=O) groups is 1. The maximum Gasteiger partial charge on any atom is 0.224 e. The summed E-state index contributed by atoms with van der Waals surface area (Å²) in [4.78, 5) is 14.4. The number of hydrogen-bond acceptors (Lipinski definition) is 4. The topological polar surface area (TPSA) is 38.8 Å². The van der Waals surface area contributed by atoms with Gasteiger partial charge in [-0.05, 0) is 35.4 Å². The summed E-state index contributed by atoms with van der Waals surface area (Å²) in [5.74, 6) is 1.69. The zero-order valence-corrected chi connectivity index (χ0v) is 17.6. The second-order valence-corrected chi connectivity index (χ2v) is 8.08. The summed E-state index contributed by atoms with van der Waals surface area (Å²) in [6.07, 6.45) is 0.442. The van der Waals surface area contributed by atoms with E-state index in [1.807, 2.05) is 89.8 Å². The minimum absolute atomic E-state index is 0.0195. The standard InChI is InChI=1S/C25H25NO3S/c27-25-15-24(30)23(18-28-17-20-7-3-1-4-8-20)26(25)16-19-11-13-22(14-12-19)29-21-9-5-2-6-10-21/h1-14,23-24,30H,15-18H2. The van der Waals surface area contributed by atoms with Crippen LogP contribution in [0.2, 0.25) is 0 Å². The molecule has 2 atom stereocenters. The largest absolute Gasteiger partial charge is 0.457 e. The highest BCUT2D eigenvalue weighted by Crippen LogP contribution is 2.28. The van der Waals surface area contributed by atoms with Gasteiger partial charge in [-0.3, -0.25) is 4.79 Å². The number of thiol groups is 1. The van der Waals surface area contributed by atoms with Crippen LogP contribution in [0.1, 0.15) is 17.5 Å². The molecule has 0 radical (unpaired) electrons. The Hall–Kier alpha value is -2.76. The van der Waals surface area contributed by atoms with E-state index in [-0.39, 0.29) is 17.2 Å². The summed E-state index contributed by atoms with van der Waals surface area (Å²) >= 11 is 4.64. The van der Waals surface area contributed by atoms with E-state index in [0.717, 1.165) is 22.6 Å². The van der Waals surface area contributed by atoms with Crippen molar-refractivity contribution < 1.29 is 14.3 Å². The molecule has 4 rings (SSSR count). The Morgan fingerprint density at radius 2 is 1.47 bits per heavy atom. The van der Waals surface area contributed by atoms with E-state index in [0.29, 0.717) is 26.2 Å². The van der Waals surface area contributed by atoms with Crippen LogP contribution in [-0.2, 0) is 22.7 Å². The summed E-state index contributed by atoms with van der Waals surface area (Å²) < 4.78 is 11.8. The maximum atomic E-state index is 12.5. The smallest absolute Gasteiger partial charge is 0.224 e. The van der Waals surface area contributed by atoms with Gasteiger partial charge in [-0.2, -0.15) is 12.6 Å². The lowest BCUT2D eigenvalue weighted by Gasteiger charge is -2.26. The Morgan fingerprint density at radius 1 is 0.833 bits per heavy atom. The van der Waals surface area contributed by atoms with E-state index in [9.17, 15) is 4.79 Å². The van der Waals surface area contributed by atoms with E-state index in [4.69, 9.17) is 9.47 Å². The van der Waals surface area contributed by atoms with Crippen LogP contribution in [0.25, 0.3) is 0 Å². The average molecular weight is 420 g/mol. The van der Waals surface area contributed by atoms with Crippen LogP contribution in [-0.4, -0.2) is 28.7 Å². The summed E-state index contributed by atoms with van der Waals surface area (Å²) in [6.45, 7) is 1.55. The predicted molar refractivity (Wildman–Crippen MR) is 121 cm³/mol. The molecule has 0 spiro atoms. The molecule has 2 unspecified atom stereocenters. The van der Waals surface area contributed by atoms with Crippen LogP contribution in [0.5, 0.6) is 11.5 Å². The van der Waals surface area contributed by atoms with Crippen molar-refractivity contribution >= 4 is 18.5 Å². The third kappa shape index (κ3) is 5.23. The fourth-order valence-electron chi connectivity index (χ4n) is 3.59. The van der Waals surface area contributed by atoms with Gasteiger partial charge in [0.25, 0.3) is 0 Å². The highest BCUT2D eigenvalue weighted by atomic mass is 32.1. The zero-order chi connectivity index (χ0) is 20.8. The molecular weight excluding hydrogens is 394 g/mol. The van der Waals surface area contributed by atoms with Crippen LogP contribution in [0.15, 0.2) is 84.9 Å². The summed E-state index contributed by atoms with van der Waals surface area (Å²) in [5.41, 5.74) is 2.18. The molecule has 154 valence electrons. The van der Waals surface area contributed by atoms with Gasteiger partial charge in [-0.25, -0.2) is 0 Å². The van der Waals surface area contributed by atoms with Gasteiger partial charge in [0.15, 0.2) is 0 Å². The quantitative estimate of drug-likeness (QED) is 0.517. The zero-order valence-electron chi connectivity index (χ0n) is 16.7. The highest BCUT2D eigenvalue weighted by Gasteiger charge is 2.37. The molecule has 5 heteroatoms. The molecule has 0 N–H and O–H groups in total. The summed E-state index contributed by atoms with van der Waals surface area (Å²) in [7, 11) is 0. The molecule has 0 aliphatic carbocycles. The molecule has 1 aliphatic heterocycles. The second kappa shape index (κ2) is 9.83. The number of para-hydroxylation sites is 1. The van der Waals surface area contributed by atoms with Gasteiger partial charge < -0.3 is 14.4 Å². The predicted octanol–water partition coefficient (Wildman–Crippen LogP) is 5.10. The highest BCUT2D eigenvalue weighted by molar-refractivity contribution is 7.81. The SMILES string of the molecule is O=C1CC(S)C(COCc2ccccc2)N1Cc1ccc(Oc2ccccc2)cc1. The monoisotopic (exact) mass is 419 g/mol. The summed E-state index contributed by atoms with van der Waals surface area (Å²) in [5, 5.41) is -0.0195. The third-order valence-electron chi connectivity index (χ3n) is 5.20. The molecule has 1 aliphatic rings. The first kappa shape index (κ1) is 20.5. The van der Waals surface area contributed by atoms with Gasteiger partial charge >= 0.3 is 0 Å². The first-order valence-corrected chi connectivity index (χ1v) is 10.6. The van der Waals surface area contributed by atoms with E-state index < -0.39 is 0 Å². The number of rotatable bonds is 8. The minimum atomic E-state index is -0.0372. The number of ether oxygens (including phenoxy) is 2. The van der Waals surface area contributed by atoms with E-state index in [1.54, 1.807) is 0 Å². The Kier molecular flexibility index (Phi) is 6.72. The molecule has 3 aromatic carbocycles. The Morgan fingerprint density at radius 3 is 2.17 bits per heavy atom. The average Bonchev–Trinajstić information content (AvgIpc) is 3.03. The van der Waals surface area contributed by atoms with Crippen molar-refractivity contribution in [2.45, 2.75) is 30.9 Å². The fourth-order valence-corrected chi connectivity index (χ4v) is 3.99. The molecule has 3 aromatic rings. The van der Waals surface area contributed by atoms with Gasteiger partial charge in [-0.15, -0.1) is 0 Å². The number of amides is 1. The van der Waals surface area contributed by atoms with Crippen LogP contribution >= 0.6 is 12.6 Å². The van der Waals surface area contributed by atoms with Crippen LogP contribution in [0.3, 0.4) is 0 Å². The lowest BCUT2D eigenvalue weighted by atomic mass is 10.1. The number of likely N-dealkylation sites (tertiary alicyclic amines) is 1. The van der Waals surface area contributed by atoms with Crippen LogP contribution in [0, 0.1) is 0 Å². The molecule has 1 heterocycles. The van der Waals surface area contributed by atoms with Gasteiger partial charge in [0, 0.05) is 18.2 Å². The fraction of sp³-hybridized carbons (Fsp3) is 0.240. The molecular formula is C25H25NO3S. The van der Waals surface area contributed by atoms with Gasteiger partial charge in [0.2, 0.25) is 5.91 Å². The molecule has 0 aromatic heterocycles. The van der Waals surface area contributed by atoms with Crippen molar-refractivity contribution in [1.82, 2.24) is 4.90 Å². The van der Waals surface area contributed by atoms with Crippen LogP contribution < -0.4 is 4.74 Å². The number of benzene rings is 3. The van der Waals surface area contributed by atoms with Crippen molar-refractivity contribution in [1.29, 1.82) is 0 Å². The molecule has 1 fully saturated rings. The molecule has 0 saturated carbocycles. The van der Waals surface area contributed by atoms with Crippen molar-refractivity contribution in [2.75, 3.05) is 6.61 Å². The summed E-state index contributed by atoms with van der Waals surface area (Å²) in [6, 6.07) is 27.6. The Bertz CT molecular complexity index is 947. The minimum Gasteiger partial charge on any atom is -0.457 e. The maximum absolute atomic E-state index is 12.5. The van der Waals surface area contributed by atoms with Crippen molar-refractivity contribution in [3.05, 3.63) is 96.1 Å².